The summed E-state index contributed by atoms with van der Waals surface area (Å²) in [6, 6.07) is 8.38. The summed E-state index contributed by atoms with van der Waals surface area (Å²) in [6.45, 7) is 2.09. The van der Waals surface area contributed by atoms with E-state index in [9.17, 15) is 0 Å². The highest BCUT2D eigenvalue weighted by Gasteiger charge is 2.06. The summed E-state index contributed by atoms with van der Waals surface area (Å²) in [5, 5.41) is 3.96. The average molecular weight is 283 g/mol. The van der Waals surface area contributed by atoms with Gasteiger partial charge in [0.25, 0.3) is 0 Å². The Morgan fingerprint density at radius 3 is 3.06 bits per heavy atom. The topological polar surface area (TPSA) is 38.9 Å². The number of rotatable bonds is 6. The minimum atomic E-state index is 0.621. The first kappa shape index (κ1) is 13.4. The Morgan fingerprint density at radius 2 is 2.28 bits per heavy atom. The van der Waals surface area contributed by atoms with Crippen molar-refractivity contribution in [2.45, 2.75) is 30.4 Å². The Balaban J connectivity index is 1.88. The molecule has 96 valence electrons. The highest BCUT2D eigenvalue weighted by atomic mass is 35.5. The largest absolute Gasteiger partial charge is 0.339 e. The lowest BCUT2D eigenvalue weighted by atomic mass is 10.2. The van der Waals surface area contributed by atoms with Gasteiger partial charge in [0.1, 0.15) is 0 Å². The molecular weight excluding hydrogens is 268 g/mol. The van der Waals surface area contributed by atoms with E-state index in [2.05, 4.69) is 41.3 Å². The fourth-order valence-corrected chi connectivity index (χ4v) is 2.51. The second-order valence-corrected chi connectivity index (χ2v) is 5.43. The van der Waals surface area contributed by atoms with Crippen molar-refractivity contribution in [3.8, 4) is 0 Å². The molecule has 0 radical (unpaired) electrons. The first-order chi connectivity index (χ1) is 8.78. The van der Waals surface area contributed by atoms with Gasteiger partial charge in [-0.15, -0.1) is 23.4 Å². The maximum absolute atomic E-state index is 5.62. The summed E-state index contributed by atoms with van der Waals surface area (Å²) >= 11 is 7.33. The van der Waals surface area contributed by atoms with Crippen LogP contribution in [0.5, 0.6) is 0 Å². The molecule has 0 amide bonds. The number of alkyl halides is 1. The summed E-state index contributed by atoms with van der Waals surface area (Å²) in [7, 11) is 0. The zero-order valence-corrected chi connectivity index (χ0v) is 11.8. The molecule has 2 rings (SSSR count). The number of aryl methyl sites for hydroxylation is 2. The van der Waals surface area contributed by atoms with E-state index in [0.29, 0.717) is 11.8 Å². The van der Waals surface area contributed by atoms with Gasteiger partial charge in [0, 0.05) is 17.2 Å². The summed E-state index contributed by atoms with van der Waals surface area (Å²) in [5.41, 5.74) is 1.26. The Labute approximate surface area is 116 Å². The van der Waals surface area contributed by atoms with Gasteiger partial charge in [-0.1, -0.05) is 22.9 Å². The van der Waals surface area contributed by atoms with Gasteiger partial charge < -0.3 is 4.52 Å². The van der Waals surface area contributed by atoms with Crippen molar-refractivity contribution in [3.63, 3.8) is 0 Å². The lowest BCUT2D eigenvalue weighted by Gasteiger charge is -1.99. The van der Waals surface area contributed by atoms with Crippen LogP contribution in [-0.4, -0.2) is 16.0 Å². The van der Waals surface area contributed by atoms with E-state index in [1.54, 1.807) is 11.8 Å². The monoisotopic (exact) mass is 282 g/mol. The lowest BCUT2D eigenvalue weighted by Crippen LogP contribution is -1.88. The van der Waals surface area contributed by atoms with E-state index in [1.165, 1.54) is 10.5 Å². The number of hydrogen-bond acceptors (Lipinski definition) is 4. The smallest absolute Gasteiger partial charge is 0.226 e. The Kier molecular flexibility index (Phi) is 5.08. The van der Waals surface area contributed by atoms with Crippen LogP contribution >= 0.6 is 23.4 Å². The number of thioether (sulfide) groups is 1. The molecule has 0 aliphatic heterocycles. The standard InChI is InChI=1S/C13H15ClN2OS/c1-10-4-2-5-11(8-10)18-9-12-15-13(17-16-12)6-3-7-14/h2,4-5,8H,3,6-7,9H2,1H3. The van der Waals surface area contributed by atoms with Gasteiger partial charge in [-0.2, -0.15) is 4.98 Å². The van der Waals surface area contributed by atoms with Gasteiger partial charge in [-0.05, 0) is 25.5 Å². The van der Waals surface area contributed by atoms with E-state index in [4.69, 9.17) is 16.1 Å². The highest BCUT2D eigenvalue weighted by molar-refractivity contribution is 7.98. The van der Waals surface area contributed by atoms with E-state index < -0.39 is 0 Å². The van der Waals surface area contributed by atoms with Gasteiger partial charge >= 0.3 is 0 Å². The van der Waals surface area contributed by atoms with Crippen molar-refractivity contribution in [1.82, 2.24) is 10.1 Å². The summed E-state index contributed by atoms with van der Waals surface area (Å²) in [5.74, 6) is 2.77. The molecule has 0 saturated heterocycles. The molecule has 0 N–H and O–H groups in total. The third-order valence-corrected chi connectivity index (χ3v) is 3.65. The van der Waals surface area contributed by atoms with Crippen molar-refractivity contribution in [2.24, 2.45) is 0 Å². The Hall–Kier alpha value is -1.00. The normalized spacial score (nSPS) is 10.8. The number of halogens is 1. The molecule has 18 heavy (non-hydrogen) atoms. The van der Waals surface area contributed by atoms with Crippen molar-refractivity contribution >= 4 is 23.4 Å². The zero-order chi connectivity index (χ0) is 12.8. The number of aromatic nitrogens is 2. The molecule has 3 nitrogen and oxygen atoms in total. The van der Waals surface area contributed by atoms with E-state index in [1.807, 2.05) is 0 Å². The van der Waals surface area contributed by atoms with Gasteiger partial charge in [0.2, 0.25) is 5.89 Å². The number of hydrogen-bond donors (Lipinski definition) is 0. The molecule has 5 heteroatoms. The molecule has 1 heterocycles. The fraction of sp³-hybridized carbons (Fsp3) is 0.385. The SMILES string of the molecule is Cc1cccc(SCc2noc(CCCCl)n2)c1. The molecule has 0 fully saturated rings. The van der Waals surface area contributed by atoms with Crippen LogP contribution in [0.2, 0.25) is 0 Å². The minimum absolute atomic E-state index is 0.621. The maximum Gasteiger partial charge on any atom is 0.226 e. The third-order valence-electron chi connectivity index (χ3n) is 2.39. The van der Waals surface area contributed by atoms with Crippen molar-refractivity contribution in [2.75, 3.05) is 5.88 Å². The van der Waals surface area contributed by atoms with Crippen LogP contribution in [0, 0.1) is 6.92 Å². The van der Waals surface area contributed by atoms with Crippen molar-refractivity contribution < 1.29 is 4.52 Å². The second-order valence-electron chi connectivity index (χ2n) is 4.00. The first-order valence-corrected chi connectivity index (χ1v) is 7.37. The molecule has 0 aliphatic carbocycles. The molecule has 0 unspecified atom stereocenters. The Bertz CT molecular complexity index is 501. The van der Waals surface area contributed by atoms with Crippen LogP contribution in [0.3, 0.4) is 0 Å². The number of benzene rings is 1. The van der Waals surface area contributed by atoms with Crippen LogP contribution < -0.4 is 0 Å². The highest BCUT2D eigenvalue weighted by Crippen LogP contribution is 2.22. The van der Waals surface area contributed by atoms with Gasteiger partial charge in [-0.3, -0.25) is 0 Å². The van der Waals surface area contributed by atoms with Crippen LogP contribution in [0.4, 0.5) is 0 Å². The zero-order valence-electron chi connectivity index (χ0n) is 10.2. The molecule has 1 aromatic carbocycles. The molecule has 0 saturated carbocycles. The van der Waals surface area contributed by atoms with Crippen LogP contribution in [0.1, 0.15) is 23.7 Å². The average Bonchev–Trinajstić information content (AvgIpc) is 2.82. The van der Waals surface area contributed by atoms with Crippen molar-refractivity contribution in [1.29, 1.82) is 0 Å². The quantitative estimate of drug-likeness (QED) is 0.596. The van der Waals surface area contributed by atoms with Gasteiger partial charge in [-0.25, -0.2) is 0 Å². The predicted molar refractivity (Wildman–Crippen MR) is 74.1 cm³/mol. The van der Waals surface area contributed by atoms with E-state index in [-0.39, 0.29) is 0 Å². The van der Waals surface area contributed by atoms with Crippen LogP contribution in [-0.2, 0) is 12.2 Å². The second kappa shape index (κ2) is 6.81. The van der Waals surface area contributed by atoms with Gasteiger partial charge in [0.15, 0.2) is 5.82 Å². The van der Waals surface area contributed by atoms with E-state index in [0.717, 1.165) is 24.4 Å². The van der Waals surface area contributed by atoms with Crippen molar-refractivity contribution in [3.05, 3.63) is 41.5 Å². The molecular formula is C13H15ClN2OS. The first-order valence-electron chi connectivity index (χ1n) is 5.85. The van der Waals surface area contributed by atoms with E-state index >= 15 is 0 Å². The summed E-state index contributed by atoms with van der Waals surface area (Å²) < 4.78 is 5.15. The van der Waals surface area contributed by atoms with Crippen LogP contribution in [0.25, 0.3) is 0 Å². The molecule has 2 aromatic rings. The predicted octanol–water partition coefficient (Wildman–Crippen LogP) is 3.84. The molecule has 0 atom stereocenters. The van der Waals surface area contributed by atoms with Gasteiger partial charge in [0.05, 0.1) is 5.75 Å². The fourth-order valence-electron chi connectivity index (χ4n) is 1.52. The molecule has 0 bridgehead atoms. The Morgan fingerprint density at radius 1 is 1.39 bits per heavy atom. The summed E-state index contributed by atoms with van der Waals surface area (Å²) in [6.07, 6.45) is 1.62. The van der Waals surface area contributed by atoms with Crippen LogP contribution in [0.15, 0.2) is 33.7 Å². The maximum atomic E-state index is 5.62. The molecule has 0 spiro atoms. The lowest BCUT2D eigenvalue weighted by molar-refractivity contribution is 0.373. The number of nitrogens with zero attached hydrogens (tertiary/aromatic N) is 2. The molecule has 1 aromatic heterocycles. The molecule has 0 aliphatic rings. The summed E-state index contributed by atoms with van der Waals surface area (Å²) in [4.78, 5) is 5.55. The minimum Gasteiger partial charge on any atom is -0.339 e. The third kappa shape index (κ3) is 4.03.